The fraction of sp³-hybridized carbons (Fsp3) is 0.353. The average molecular weight is 285 g/mol. The van der Waals surface area contributed by atoms with Gasteiger partial charge in [0.05, 0.1) is 19.4 Å². The molecule has 0 saturated carbocycles. The van der Waals surface area contributed by atoms with Gasteiger partial charge in [0.15, 0.2) is 5.76 Å². The van der Waals surface area contributed by atoms with Gasteiger partial charge in [-0.05, 0) is 49.1 Å². The monoisotopic (exact) mass is 285 g/mol. The molecule has 1 aliphatic heterocycles. The van der Waals surface area contributed by atoms with Crippen LogP contribution in [0, 0.1) is 0 Å². The molecule has 1 atom stereocenters. The summed E-state index contributed by atoms with van der Waals surface area (Å²) >= 11 is 0. The molecule has 110 valence electrons. The first kappa shape index (κ1) is 13.7. The average Bonchev–Trinajstić information content (AvgIpc) is 3.09. The Balaban J connectivity index is 1.89. The van der Waals surface area contributed by atoms with Crippen LogP contribution < -0.4 is 4.74 Å². The number of methoxy groups -OCH3 is 1. The minimum Gasteiger partial charge on any atom is -0.497 e. The molecule has 2 heterocycles. The maximum absolute atomic E-state index is 12.6. The number of ether oxygens (including phenoxy) is 1. The van der Waals surface area contributed by atoms with Crippen LogP contribution in [0.4, 0.5) is 0 Å². The number of hydrogen-bond donors (Lipinski definition) is 0. The van der Waals surface area contributed by atoms with Crippen molar-refractivity contribution in [3.8, 4) is 5.75 Å². The molecule has 0 bridgehead atoms. The van der Waals surface area contributed by atoms with Crippen LogP contribution >= 0.6 is 0 Å². The van der Waals surface area contributed by atoms with Crippen molar-refractivity contribution in [2.24, 2.45) is 0 Å². The number of amides is 1. The van der Waals surface area contributed by atoms with E-state index in [1.807, 2.05) is 23.1 Å². The predicted molar refractivity (Wildman–Crippen MR) is 79.3 cm³/mol. The van der Waals surface area contributed by atoms with Crippen molar-refractivity contribution in [1.82, 2.24) is 4.90 Å². The lowest BCUT2D eigenvalue weighted by atomic mass is 9.95. The van der Waals surface area contributed by atoms with Crippen molar-refractivity contribution in [2.45, 2.75) is 25.3 Å². The van der Waals surface area contributed by atoms with E-state index in [2.05, 4.69) is 6.07 Å². The van der Waals surface area contributed by atoms with Crippen molar-refractivity contribution < 1.29 is 13.9 Å². The Morgan fingerprint density at radius 1 is 1.29 bits per heavy atom. The number of rotatable bonds is 3. The smallest absolute Gasteiger partial charge is 0.290 e. The molecule has 0 spiro atoms. The third-order valence-corrected chi connectivity index (χ3v) is 3.97. The van der Waals surface area contributed by atoms with Crippen molar-refractivity contribution in [1.29, 1.82) is 0 Å². The van der Waals surface area contributed by atoms with Gasteiger partial charge in [0, 0.05) is 6.54 Å². The van der Waals surface area contributed by atoms with Gasteiger partial charge in [0.25, 0.3) is 5.91 Å². The first-order valence-electron chi connectivity index (χ1n) is 7.28. The third-order valence-electron chi connectivity index (χ3n) is 3.97. The van der Waals surface area contributed by atoms with Crippen LogP contribution in [0.15, 0.2) is 47.1 Å². The number of carbonyl (C=O) groups is 1. The Hall–Kier alpha value is -2.23. The van der Waals surface area contributed by atoms with Gasteiger partial charge in [0.2, 0.25) is 0 Å². The van der Waals surface area contributed by atoms with E-state index < -0.39 is 0 Å². The fourth-order valence-corrected chi connectivity index (χ4v) is 2.91. The fourth-order valence-electron chi connectivity index (χ4n) is 2.91. The highest BCUT2D eigenvalue weighted by Gasteiger charge is 2.30. The summed E-state index contributed by atoms with van der Waals surface area (Å²) in [7, 11) is 1.66. The number of likely N-dealkylation sites (tertiary alicyclic amines) is 1. The van der Waals surface area contributed by atoms with E-state index in [4.69, 9.17) is 9.15 Å². The number of furan rings is 1. The van der Waals surface area contributed by atoms with Gasteiger partial charge < -0.3 is 14.1 Å². The van der Waals surface area contributed by atoms with E-state index in [9.17, 15) is 4.79 Å². The summed E-state index contributed by atoms with van der Waals surface area (Å²) in [5.41, 5.74) is 1.12. The quantitative estimate of drug-likeness (QED) is 0.864. The Morgan fingerprint density at radius 3 is 2.95 bits per heavy atom. The maximum Gasteiger partial charge on any atom is 0.290 e. The highest BCUT2D eigenvalue weighted by Crippen LogP contribution is 2.33. The Labute approximate surface area is 124 Å². The zero-order valence-corrected chi connectivity index (χ0v) is 12.1. The first-order chi connectivity index (χ1) is 10.3. The molecule has 1 unspecified atom stereocenters. The van der Waals surface area contributed by atoms with E-state index >= 15 is 0 Å². The largest absolute Gasteiger partial charge is 0.497 e. The van der Waals surface area contributed by atoms with Gasteiger partial charge in [0.1, 0.15) is 5.75 Å². The summed E-state index contributed by atoms with van der Waals surface area (Å²) in [4.78, 5) is 14.5. The normalized spacial score (nSPS) is 18.5. The lowest BCUT2D eigenvalue weighted by molar-refractivity contribution is 0.0578. The molecule has 1 aromatic carbocycles. The molecule has 4 heteroatoms. The second kappa shape index (κ2) is 6.04. The van der Waals surface area contributed by atoms with E-state index in [0.717, 1.165) is 37.1 Å². The van der Waals surface area contributed by atoms with Gasteiger partial charge in [-0.15, -0.1) is 0 Å². The zero-order chi connectivity index (χ0) is 14.7. The minimum absolute atomic E-state index is 0.0347. The number of benzene rings is 1. The van der Waals surface area contributed by atoms with E-state index in [1.165, 1.54) is 6.26 Å². The lowest BCUT2D eigenvalue weighted by Gasteiger charge is -2.35. The van der Waals surface area contributed by atoms with Gasteiger partial charge in [-0.2, -0.15) is 0 Å². The van der Waals surface area contributed by atoms with Gasteiger partial charge in [-0.3, -0.25) is 4.79 Å². The van der Waals surface area contributed by atoms with Gasteiger partial charge in [-0.1, -0.05) is 12.1 Å². The number of hydrogen-bond acceptors (Lipinski definition) is 3. The van der Waals surface area contributed by atoms with Crippen LogP contribution in [0.25, 0.3) is 0 Å². The molecule has 1 aliphatic rings. The topological polar surface area (TPSA) is 42.7 Å². The van der Waals surface area contributed by atoms with Crippen molar-refractivity contribution in [3.63, 3.8) is 0 Å². The SMILES string of the molecule is COc1cccc(C2CCCCN2C(=O)c2ccco2)c1. The van der Waals surface area contributed by atoms with Crippen molar-refractivity contribution in [3.05, 3.63) is 54.0 Å². The third kappa shape index (κ3) is 2.79. The molecule has 0 N–H and O–H groups in total. The molecule has 1 saturated heterocycles. The first-order valence-corrected chi connectivity index (χ1v) is 7.28. The van der Waals surface area contributed by atoms with Crippen LogP contribution in [-0.2, 0) is 0 Å². The molecule has 1 fully saturated rings. The highest BCUT2D eigenvalue weighted by molar-refractivity contribution is 5.91. The summed E-state index contributed by atoms with van der Waals surface area (Å²) in [6.07, 6.45) is 4.67. The van der Waals surface area contributed by atoms with Gasteiger partial charge in [-0.25, -0.2) is 0 Å². The number of piperidine rings is 1. The summed E-state index contributed by atoms with van der Waals surface area (Å²) in [5, 5.41) is 0. The van der Waals surface area contributed by atoms with Crippen LogP contribution in [0.1, 0.15) is 41.4 Å². The van der Waals surface area contributed by atoms with E-state index in [0.29, 0.717) is 5.76 Å². The molecule has 1 aromatic heterocycles. The Morgan fingerprint density at radius 2 is 2.19 bits per heavy atom. The summed E-state index contributed by atoms with van der Waals surface area (Å²) < 4.78 is 10.6. The maximum atomic E-state index is 12.6. The van der Waals surface area contributed by atoms with Gasteiger partial charge >= 0.3 is 0 Å². The Kier molecular flexibility index (Phi) is 3.95. The molecule has 21 heavy (non-hydrogen) atoms. The van der Waals surface area contributed by atoms with Crippen molar-refractivity contribution in [2.75, 3.05) is 13.7 Å². The molecular weight excluding hydrogens is 266 g/mol. The molecule has 3 rings (SSSR count). The van der Waals surface area contributed by atoms with Crippen LogP contribution in [0.3, 0.4) is 0 Å². The second-order valence-electron chi connectivity index (χ2n) is 5.26. The molecule has 0 radical (unpaired) electrons. The standard InChI is InChI=1S/C17H19NO3/c1-20-14-7-4-6-13(12-14)15-8-2-3-10-18(15)17(19)16-9-5-11-21-16/h4-7,9,11-12,15H,2-3,8,10H2,1H3. The van der Waals surface area contributed by atoms with Crippen LogP contribution in [0.2, 0.25) is 0 Å². The summed E-state index contributed by atoms with van der Waals surface area (Å²) in [6, 6.07) is 11.5. The lowest BCUT2D eigenvalue weighted by Crippen LogP contribution is -2.38. The minimum atomic E-state index is -0.0347. The summed E-state index contributed by atoms with van der Waals surface area (Å²) in [5.74, 6) is 1.20. The van der Waals surface area contributed by atoms with Crippen molar-refractivity contribution >= 4 is 5.91 Å². The molecule has 1 amide bonds. The number of carbonyl (C=O) groups excluding carboxylic acids is 1. The zero-order valence-electron chi connectivity index (χ0n) is 12.1. The predicted octanol–water partition coefficient (Wildman–Crippen LogP) is 3.66. The second-order valence-corrected chi connectivity index (χ2v) is 5.26. The van der Waals surface area contributed by atoms with Crippen LogP contribution in [0.5, 0.6) is 5.75 Å². The molecular formula is C17H19NO3. The van der Waals surface area contributed by atoms with E-state index in [1.54, 1.807) is 19.2 Å². The molecule has 0 aliphatic carbocycles. The highest BCUT2D eigenvalue weighted by atomic mass is 16.5. The molecule has 2 aromatic rings. The molecule has 4 nitrogen and oxygen atoms in total. The van der Waals surface area contributed by atoms with Crippen LogP contribution in [-0.4, -0.2) is 24.5 Å². The van der Waals surface area contributed by atoms with E-state index in [-0.39, 0.29) is 11.9 Å². The Bertz CT molecular complexity index is 606. The number of nitrogens with zero attached hydrogens (tertiary/aromatic N) is 1. The summed E-state index contributed by atoms with van der Waals surface area (Å²) in [6.45, 7) is 0.765.